The number of hydrogen-bond donors (Lipinski definition) is 0. The molecule has 0 atom stereocenters. The molecule has 0 unspecified atom stereocenters. The van der Waals surface area contributed by atoms with Crippen LogP contribution in [0.1, 0.15) is 19.8 Å². The lowest BCUT2D eigenvalue weighted by atomic mass is 10.00. The Balaban J connectivity index is 1.90. The zero-order valence-electron chi connectivity index (χ0n) is 10.6. The third-order valence-electron chi connectivity index (χ3n) is 3.27. The number of anilines is 1. The number of rotatable bonds is 2. The Morgan fingerprint density at radius 1 is 1.16 bits per heavy atom. The zero-order chi connectivity index (χ0) is 13.2. The van der Waals surface area contributed by atoms with Gasteiger partial charge in [-0.3, -0.25) is 0 Å². The van der Waals surface area contributed by atoms with Crippen molar-refractivity contribution in [2.45, 2.75) is 19.8 Å². The van der Waals surface area contributed by atoms with Crippen LogP contribution in [0.15, 0.2) is 12.7 Å². The van der Waals surface area contributed by atoms with Gasteiger partial charge in [-0.25, -0.2) is 4.98 Å². The maximum atomic E-state index is 5.96. The first-order valence-corrected chi connectivity index (χ1v) is 6.61. The number of halogens is 1. The van der Waals surface area contributed by atoms with Crippen molar-refractivity contribution in [2.24, 2.45) is 5.92 Å². The minimum absolute atomic E-state index is 0.175. The van der Waals surface area contributed by atoms with E-state index in [4.69, 9.17) is 11.6 Å². The average Bonchev–Trinajstić information content (AvgIpc) is 2.93. The second-order valence-electron chi connectivity index (χ2n) is 4.71. The predicted octanol–water partition coefficient (Wildman–Crippen LogP) is 1.34. The van der Waals surface area contributed by atoms with Crippen molar-refractivity contribution < 1.29 is 0 Å². The highest BCUT2D eigenvalue weighted by Gasteiger charge is 2.19. The van der Waals surface area contributed by atoms with Crippen LogP contribution in [-0.4, -0.2) is 42.8 Å². The SMILES string of the molecule is CC1CCN(c2nc(Cl)nc(-n3cncn3)n2)CC1. The van der Waals surface area contributed by atoms with Gasteiger partial charge in [-0.05, 0) is 30.4 Å². The van der Waals surface area contributed by atoms with Gasteiger partial charge in [0.25, 0.3) is 5.95 Å². The molecule has 8 heteroatoms. The highest BCUT2D eigenvalue weighted by molar-refractivity contribution is 6.28. The molecule has 7 nitrogen and oxygen atoms in total. The van der Waals surface area contributed by atoms with Crippen LogP contribution >= 0.6 is 11.6 Å². The van der Waals surface area contributed by atoms with Crippen molar-refractivity contribution >= 4 is 17.5 Å². The van der Waals surface area contributed by atoms with Crippen LogP contribution in [0.3, 0.4) is 0 Å². The lowest BCUT2D eigenvalue weighted by Crippen LogP contribution is -2.34. The van der Waals surface area contributed by atoms with Crippen molar-refractivity contribution in [3.05, 3.63) is 17.9 Å². The van der Waals surface area contributed by atoms with Gasteiger partial charge >= 0.3 is 0 Å². The average molecular weight is 280 g/mol. The molecule has 1 fully saturated rings. The van der Waals surface area contributed by atoms with Crippen molar-refractivity contribution in [2.75, 3.05) is 18.0 Å². The van der Waals surface area contributed by atoms with Gasteiger partial charge in [-0.2, -0.15) is 24.7 Å². The first kappa shape index (κ1) is 12.3. The minimum atomic E-state index is 0.175. The summed E-state index contributed by atoms with van der Waals surface area (Å²) in [5.41, 5.74) is 0. The van der Waals surface area contributed by atoms with E-state index in [9.17, 15) is 0 Å². The molecule has 0 spiro atoms. The Morgan fingerprint density at radius 2 is 1.89 bits per heavy atom. The molecule has 0 radical (unpaired) electrons. The maximum Gasteiger partial charge on any atom is 0.258 e. The van der Waals surface area contributed by atoms with Crippen molar-refractivity contribution in [3.8, 4) is 5.95 Å². The molecule has 0 saturated carbocycles. The first-order valence-electron chi connectivity index (χ1n) is 6.24. The summed E-state index contributed by atoms with van der Waals surface area (Å²) >= 11 is 5.96. The monoisotopic (exact) mass is 279 g/mol. The van der Waals surface area contributed by atoms with E-state index in [-0.39, 0.29) is 5.28 Å². The van der Waals surface area contributed by atoms with Gasteiger partial charge in [0.1, 0.15) is 12.7 Å². The van der Waals surface area contributed by atoms with Crippen LogP contribution in [0.25, 0.3) is 5.95 Å². The van der Waals surface area contributed by atoms with Gasteiger partial charge in [0.15, 0.2) is 0 Å². The van der Waals surface area contributed by atoms with Crippen molar-refractivity contribution in [1.29, 1.82) is 0 Å². The molecular weight excluding hydrogens is 266 g/mol. The molecule has 2 aromatic rings. The minimum Gasteiger partial charge on any atom is -0.341 e. The zero-order valence-corrected chi connectivity index (χ0v) is 11.3. The van der Waals surface area contributed by atoms with E-state index in [0.29, 0.717) is 11.9 Å². The maximum absolute atomic E-state index is 5.96. The Kier molecular flexibility index (Phi) is 3.29. The molecule has 3 rings (SSSR count). The Labute approximate surface area is 115 Å². The molecule has 3 heterocycles. The van der Waals surface area contributed by atoms with Gasteiger partial charge < -0.3 is 4.90 Å². The number of aromatic nitrogens is 6. The summed E-state index contributed by atoms with van der Waals surface area (Å²) in [5.74, 6) is 1.76. The molecule has 0 N–H and O–H groups in total. The molecule has 0 bridgehead atoms. The first-order chi connectivity index (χ1) is 9.22. The Bertz CT molecular complexity index is 548. The van der Waals surface area contributed by atoms with E-state index < -0.39 is 0 Å². The fourth-order valence-electron chi connectivity index (χ4n) is 2.09. The molecule has 0 amide bonds. The summed E-state index contributed by atoms with van der Waals surface area (Å²) in [5, 5.41) is 4.18. The lowest BCUT2D eigenvalue weighted by molar-refractivity contribution is 0.434. The Hall–Kier alpha value is -1.76. The van der Waals surface area contributed by atoms with Crippen LogP contribution in [-0.2, 0) is 0 Å². The van der Waals surface area contributed by atoms with Gasteiger partial charge in [-0.1, -0.05) is 6.92 Å². The highest BCUT2D eigenvalue weighted by Crippen LogP contribution is 2.21. The highest BCUT2D eigenvalue weighted by atomic mass is 35.5. The molecule has 2 aromatic heterocycles. The molecule has 1 saturated heterocycles. The second-order valence-corrected chi connectivity index (χ2v) is 5.05. The second kappa shape index (κ2) is 5.08. The smallest absolute Gasteiger partial charge is 0.258 e. The van der Waals surface area contributed by atoms with Gasteiger partial charge in [0, 0.05) is 13.1 Å². The molecular formula is C11H14ClN7. The Morgan fingerprint density at radius 3 is 2.58 bits per heavy atom. The molecule has 100 valence electrons. The molecule has 0 aromatic carbocycles. The number of piperidine rings is 1. The van der Waals surface area contributed by atoms with Gasteiger partial charge in [0.2, 0.25) is 11.2 Å². The van der Waals surface area contributed by atoms with Crippen LogP contribution in [0.5, 0.6) is 0 Å². The summed E-state index contributed by atoms with van der Waals surface area (Å²) in [6.45, 7) is 4.15. The van der Waals surface area contributed by atoms with Crippen molar-refractivity contribution in [1.82, 2.24) is 29.7 Å². The summed E-state index contributed by atoms with van der Waals surface area (Å²) in [6.07, 6.45) is 5.25. The topological polar surface area (TPSA) is 72.6 Å². The molecule has 19 heavy (non-hydrogen) atoms. The standard InChI is InChI=1S/C11H14ClN7/c1-8-2-4-18(5-3-8)10-15-9(12)16-11(17-10)19-7-13-6-14-19/h6-8H,2-5H2,1H3. The summed E-state index contributed by atoms with van der Waals surface area (Å²) in [7, 11) is 0. The molecule has 1 aliphatic rings. The fraction of sp³-hybridized carbons (Fsp3) is 0.545. The molecule has 1 aliphatic heterocycles. The van der Waals surface area contributed by atoms with Crippen LogP contribution in [0.4, 0.5) is 5.95 Å². The van der Waals surface area contributed by atoms with E-state index in [0.717, 1.165) is 31.8 Å². The van der Waals surface area contributed by atoms with Crippen molar-refractivity contribution in [3.63, 3.8) is 0 Å². The fourth-order valence-corrected chi connectivity index (χ4v) is 2.24. The lowest BCUT2D eigenvalue weighted by Gasteiger charge is -2.30. The van der Waals surface area contributed by atoms with Crippen LogP contribution in [0.2, 0.25) is 5.28 Å². The van der Waals surface area contributed by atoms with E-state index in [1.807, 2.05) is 0 Å². The predicted molar refractivity (Wildman–Crippen MR) is 70.4 cm³/mol. The van der Waals surface area contributed by atoms with E-state index in [1.165, 1.54) is 17.3 Å². The third-order valence-corrected chi connectivity index (χ3v) is 3.44. The van der Waals surface area contributed by atoms with Crippen LogP contribution in [0, 0.1) is 5.92 Å². The van der Waals surface area contributed by atoms with E-state index in [2.05, 4.69) is 36.9 Å². The quantitative estimate of drug-likeness (QED) is 0.826. The number of hydrogen-bond acceptors (Lipinski definition) is 6. The van der Waals surface area contributed by atoms with E-state index >= 15 is 0 Å². The van der Waals surface area contributed by atoms with Gasteiger partial charge in [-0.15, -0.1) is 0 Å². The van der Waals surface area contributed by atoms with Gasteiger partial charge in [0.05, 0.1) is 0 Å². The van der Waals surface area contributed by atoms with Crippen LogP contribution < -0.4 is 4.90 Å². The number of nitrogens with zero attached hydrogens (tertiary/aromatic N) is 7. The normalized spacial score (nSPS) is 16.8. The molecule has 0 aliphatic carbocycles. The third kappa shape index (κ3) is 2.65. The summed E-state index contributed by atoms with van der Waals surface area (Å²) in [6, 6.07) is 0. The van der Waals surface area contributed by atoms with E-state index in [1.54, 1.807) is 0 Å². The summed E-state index contributed by atoms with van der Waals surface area (Å²) < 4.78 is 1.48. The summed E-state index contributed by atoms with van der Waals surface area (Å²) in [4.78, 5) is 18.7. The largest absolute Gasteiger partial charge is 0.341 e.